The lowest BCUT2D eigenvalue weighted by atomic mass is 9.88. The van der Waals surface area contributed by atoms with Crippen molar-refractivity contribution in [1.82, 2.24) is 0 Å². The molecule has 0 amide bonds. The summed E-state index contributed by atoms with van der Waals surface area (Å²) >= 11 is 9.09. The number of rotatable bonds is 2. The first-order valence-corrected chi connectivity index (χ1v) is 7.17. The van der Waals surface area contributed by atoms with Crippen molar-refractivity contribution in [3.05, 3.63) is 40.7 Å². The molecule has 1 aliphatic rings. The Morgan fingerprint density at radius 3 is 1.89 bits per heavy atom. The van der Waals surface area contributed by atoms with Gasteiger partial charge in [-0.1, -0.05) is 30.3 Å². The molecule has 1 aromatic rings. The van der Waals surface area contributed by atoms with Gasteiger partial charge in [-0.15, -0.1) is 12.6 Å². The largest absolute Gasteiger partial charge is 0.502 e. The number of thiol groups is 2. The van der Waals surface area contributed by atoms with Gasteiger partial charge >= 0.3 is 7.12 Å². The van der Waals surface area contributed by atoms with Crippen molar-refractivity contribution in [2.75, 3.05) is 0 Å². The van der Waals surface area contributed by atoms with Crippen LogP contribution in [-0.2, 0) is 9.31 Å². The van der Waals surface area contributed by atoms with Gasteiger partial charge in [-0.25, -0.2) is 0 Å². The molecule has 1 aliphatic heterocycles. The Morgan fingerprint density at radius 2 is 1.42 bits per heavy atom. The van der Waals surface area contributed by atoms with E-state index in [0.29, 0.717) is 4.80 Å². The fourth-order valence-electron chi connectivity index (χ4n) is 1.81. The molecule has 19 heavy (non-hydrogen) atoms. The molecule has 1 aromatic carbocycles. The average Bonchev–Trinajstić information content (AvgIpc) is 2.58. The quantitative estimate of drug-likeness (QED) is 0.637. The van der Waals surface area contributed by atoms with Crippen molar-refractivity contribution in [2.45, 2.75) is 38.9 Å². The minimum absolute atomic E-state index is 0.365. The minimum Gasteiger partial charge on any atom is -0.399 e. The van der Waals surface area contributed by atoms with Crippen LogP contribution in [-0.4, -0.2) is 18.3 Å². The summed E-state index contributed by atoms with van der Waals surface area (Å²) in [7, 11) is -0.471. The number of hydrogen-bond donors (Lipinski definition) is 2. The van der Waals surface area contributed by atoms with E-state index in [-0.39, 0.29) is 11.2 Å². The molecule has 102 valence electrons. The molecule has 2 rings (SSSR count). The van der Waals surface area contributed by atoms with Gasteiger partial charge < -0.3 is 9.31 Å². The average molecular weight is 294 g/mol. The molecule has 0 atom stereocenters. The summed E-state index contributed by atoms with van der Waals surface area (Å²) in [5.41, 5.74) is 0.276. The predicted molar refractivity (Wildman–Crippen MR) is 87.4 cm³/mol. The fraction of sp³-hybridized carbons (Fsp3) is 0.429. The first-order chi connectivity index (χ1) is 8.74. The second-order valence-electron chi connectivity index (χ2n) is 5.69. The van der Waals surface area contributed by atoms with E-state index in [1.54, 1.807) is 0 Å². The van der Waals surface area contributed by atoms with Crippen LogP contribution in [0.1, 0.15) is 33.3 Å². The van der Waals surface area contributed by atoms with Gasteiger partial charge in [0.25, 0.3) is 0 Å². The predicted octanol–water partition coefficient (Wildman–Crippen LogP) is 3.85. The standard InChI is InChI=1S/C14H19BO2S2/c1-13(2)14(3,4)17-15(16-13)12(19)11(18)10-8-6-5-7-9-10/h5-9,18-19H,1-4H3/b12-11-. The van der Waals surface area contributed by atoms with Crippen molar-refractivity contribution in [2.24, 2.45) is 0 Å². The molecule has 5 heteroatoms. The third-order valence-electron chi connectivity index (χ3n) is 3.77. The molecular formula is C14H19BO2S2. The maximum Gasteiger partial charge on any atom is 0.502 e. The minimum atomic E-state index is -0.471. The molecule has 0 aliphatic carbocycles. The van der Waals surface area contributed by atoms with Crippen LogP contribution < -0.4 is 0 Å². The summed E-state index contributed by atoms with van der Waals surface area (Å²) in [5.74, 6) is 0. The van der Waals surface area contributed by atoms with Crippen LogP contribution in [0.3, 0.4) is 0 Å². The third-order valence-corrected chi connectivity index (χ3v) is 4.88. The highest BCUT2D eigenvalue weighted by molar-refractivity contribution is 7.94. The van der Waals surface area contributed by atoms with E-state index in [9.17, 15) is 0 Å². The molecule has 0 bridgehead atoms. The highest BCUT2D eigenvalue weighted by Crippen LogP contribution is 2.41. The van der Waals surface area contributed by atoms with E-state index >= 15 is 0 Å². The summed E-state index contributed by atoms with van der Waals surface area (Å²) in [6.45, 7) is 8.09. The van der Waals surface area contributed by atoms with Crippen LogP contribution in [0.2, 0.25) is 0 Å². The van der Waals surface area contributed by atoms with Crippen LogP contribution in [0.5, 0.6) is 0 Å². The number of benzene rings is 1. The molecule has 0 saturated carbocycles. The molecule has 0 radical (unpaired) electrons. The topological polar surface area (TPSA) is 18.5 Å². The van der Waals surface area contributed by atoms with E-state index in [0.717, 1.165) is 10.5 Å². The van der Waals surface area contributed by atoms with Crippen LogP contribution in [0.4, 0.5) is 0 Å². The van der Waals surface area contributed by atoms with Crippen molar-refractivity contribution in [3.8, 4) is 0 Å². The van der Waals surface area contributed by atoms with E-state index in [2.05, 4.69) is 25.3 Å². The Labute approximate surface area is 126 Å². The highest BCUT2D eigenvalue weighted by Gasteiger charge is 2.52. The van der Waals surface area contributed by atoms with Gasteiger partial charge in [0, 0.05) is 9.71 Å². The van der Waals surface area contributed by atoms with Crippen molar-refractivity contribution in [3.63, 3.8) is 0 Å². The summed E-state index contributed by atoms with van der Waals surface area (Å²) < 4.78 is 11.9. The van der Waals surface area contributed by atoms with E-state index in [4.69, 9.17) is 9.31 Å². The van der Waals surface area contributed by atoms with Crippen molar-refractivity contribution in [1.29, 1.82) is 0 Å². The molecule has 0 aromatic heterocycles. The Hall–Kier alpha value is -0.355. The zero-order chi connectivity index (χ0) is 14.3. The monoisotopic (exact) mass is 294 g/mol. The van der Waals surface area contributed by atoms with Crippen LogP contribution >= 0.6 is 25.3 Å². The summed E-state index contributed by atoms with van der Waals surface area (Å²) in [6.07, 6.45) is 0. The summed E-state index contributed by atoms with van der Waals surface area (Å²) in [6, 6.07) is 9.89. The molecule has 0 spiro atoms. The maximum absolute atomic E-state index is 5.96. The smallest absolute Gasteiger partial charge is 0.399 e. The van der Waals surface area contributed by atoms with E-state index in [1.165, 1.54) is 0 Å². The van der Waals surface area contributed by atoms with Gasteiger partial charge in [-0.05, 0) is 33.3 Å². The van der Waals surface area contributed by atoms with Crippen LogP contribution in [0.15, 0.2) is 35.1 Å². The molecule has 1 saturated heterocycles. The van der Waals surface area contributed by atoms with Gasteiger partial charge in [-0.2, -0.15) is 12.6 Å². The van der Waals surface area contributed by atoms with Gasteiger partial charge in [0.2, 0.25) is 0 Å². The van der Waals surface area contributed by atoms with Gasteiger partial charge in [0.15, 0.2) is 0 Å². The maximum atomic E-state index is 5.96. The second-order valence-corrected chi connectivity index (χ2v) is 6.62. The molecule has 2 nitrogen and oxygen atoms in total. The van der Waals surface area contributed by atoms with E-state index < -0.39 is 7.12 Å². The van der Waals surface area contributed by atoms with Crippen LogP contribution in [0.25, 0.3) is 4.91 Å². The zero-order valence-electron chi connectivity index (χ0n) is 11.7. The van der Waals surface area contributed by atoms with Gasteiger partial charge in [-0.3, -0.25) is 0 Å². The summed E-state index contributed by atoms with van der Waals surface area (Å²) in [4.78, 5) is 1.48. The molecule has 0 N–H and O–H groups in total. The van der Waals surface area contributed by atoms with Gasteiger partial charge in [0.05, 0.1) is 11.2 Å². The highest BCUT2D eigenvalue weighted by atomic mass is 32.1. The van der Waals surface area contributed by atoms with Crippen molar-refractivity contribution < 1.29 is 9.31 Å². The fourth-order valence-corrected chi connectivity index (χ4v) is 2.30. The first kappa shape index (κ1) is 15.0. The van der Waals surface area contributed by atoms with E-state index in [1.807, 2.05) is 58.0 Å². The Bertz CT molecular complexity index is 481. The lowest BCUT2D eigenvalue weighted by molar-refractivity contribution is 0.00578. The molecule has 1 fully saturated rings. The Balaban J connectivity index is 2.29. The SMILES string of the molecule is CC1(C)OB(/C(S)=C(/S)c2ccccc2)OC1(C)C. The second kappa shape index (κ2) is 5.21. The Morgan fingerprint density at radius 1 is 0.947 bits per heavy atom. The first-order valence-electron chi connectivity index (χ1n) is 6.28. The van der Waals surface area contributed by atoms with Crippen LogP contribution in [0, 0.1) is 0 Å². The normalized spacial score (nSPS) is 22.3. The lowest BCUT2D eigenvalue weighted by Crippen LogP contribution is -2.41. The zero-order valence-corrected chi connectivity index (χ0v) is 13.5. The van der Waals surface area contributed by atoms with Gasteiger partial charge in [0.1, 0.15) is 0 Å². The summed E-state index contributed by atoms with van der Waals surface area (Å²) in [5, 5.41) is 0. The molecular weight excluding hydrogens is 275 g/mol. The van der Waals surface area contributed by atoms with Crippen molar-refractivity contribution >= 4 is 37.3 Å². The Kier molecular flexibility index (Phi) is 4.12. The number of hydrogen-bond acceptors (Lipinski definition) is 4. The molecule has 1 heterocycles. The lowest BCUT2D eigenvalue weighted by Gasteiger charge is -2.32. The molecule has 0 unspecified atom stereocenters. The third kappa shape index (κ3) is 2.89.